The lowest BCUT2D eigenvalue weighted by Gasteiger charge is -2.19. The van der Waals surface area contributed by atoms with Gasteiger partial charge in [0.15, 0.2) is 0 Å². The summed E-state index contributed by atoms with van der Waals surface area (Å²) >= 11 is 0. The SMILES string of the molecule is CCCCC/C=C\CCCC(CCC/C=C\CCCCC)COC(=O)C1CN(C(=O)CCN(C)C)CC1C=O.CCCCC/C=C\CCCC(CO)CCC/C=C\CCCCC. The quantitative estimate of drug-likeness (QED) is 0.0286. The molecule has 360 valence electrons. The molecular weight excluding hydrogens is 769 g/mol. The Kier molecular flexibility index (Phi) is 43.2. The van der Waals surface area contributed by atoms with Gasteiger partial charge in [-0.3, -0.25) is 9.59 Å². The Morgan fingerprint density at radius 2 is 0.952 bits per heavy atom. The Morgan fingerprint density at radius 3 is 1.29 bits per heavy atom. The van der Waals surface area contributed by atoms with Crippen LogP contribution in [0.2, 0.25) is 0 Å². The van der Waals surface area contributed by atoms with E-state index in [9.17, 15) is 19.5 Å². The van der Waals surface area contributed by atoms with E-state index in [0.717, 1.165) is 57.7 Å². The number of hydrogen-bond donors (Lipinski definition) is 1. The van der Waals surface area contributed by atoms with Crippen LogP contribution < -0.4 is 0 Å². The van der Waals surface area contributed by atoms with Crippen LogP contribution in [0, 0.1) is 23.7 Å². The van der Waals surface area contributed by atoms with Gasteiger partial charge in [0.25, 0.3) is 0 Å². The van der Waals surface area contributed by atoms with Gasteiger partial charge in [-0.25, -0.2) is 0 Å². The van der Waals surface area contributed by atoms with E-state index in [1.54, 1.807) is 4.90 Å². The van der Waals surface area contributed by atoms with E-state index in [0.29, 0.717) is 44.6 Å². The molecule has 0 aromatic carbocycles. The first-order valence-electron chi connectivity index (χ1n) is 26.0. The number of aliphatic hydroxyl groups excluding tert-OH is 1. The van der Waals surface area contributed by atoms with E-state index in [4.69, 9.17) is 4.74 Å². The topological polar surface area (TPSA) is 87.2 Å². The van der Waals surface area contributed by atoms with Crippen molar-refractivity contribution in [1.82, 2.24) is 9.80 Å². The molecule has 2 atom stereocenters. The van der Waals surface area contributed by atoms with Crippen LogP contribution in [-0.2, 0) is 19.1 Å². The highest BCUT2D eigenvalue weighted by Gasteiger charge is 2.40. The summed E-state index contributed by atoms with van der Waals surface area (Å²) in [6, 6.07) is 0. The molecule has 7 heteroatoms. The molecule has 1 heterocycles. The van der Waals surface area contributed by atoms with Crippen molar-refractivity contribution in [3.8, 4) is 0 Å². The van der Waals surface area contributed by atoms with Gasteiger partial charge in [-0.15, -0.1) is 0 Å². The maximum atomic E-state index is 13.0. The number of aldehydes is 1. The second-order valence-electron chi connectivity index (χ2n) is 18.4. The molecule has 1 aliphatic heterocycles. The Labute approximate surface area is 384 Å². The van der Waals surface area contributed by atoms with Gasteiger partial charge in [-0.1, -0.05) is 128 Å². The normalized spacial score (nSPS) is 15.7. The summed E-state index contributed by atoms with van der Waals surface area (Å²) < 4.78 is 5.81. The molecule has 0 bridgehead atoms. The Bertz CT molecular complexity index is 1090. The highest BCUT2D eigenvalue weighted by molar-refractivity contribution is 5.82. The maximum Gasteiger partial charge on any atom is 0.311 e. The number of hydrogen-bond acceptors (Lipinski definition) is 6. The fraction of sp³-hybridized carbons (Fsp3) is 0.800. The van der Waals surface area contributed by atoms with Crippen LogP contribution >= 0.6 is 0 Å². The molecule has 1 rings (SSSR count). The number of likely N-dealkylation sites (tertiary alicyclic amines) is 1. The van der Waals surface area contributed by atoms with Crippen LogP contribution in [0.3, 0.4) is 0 Å². The van der Waals surface area contributed by atoms with Crippen molar-refractivity contribution >= 4 is 18.2 Å². The van der Waals surface area contributed by atoms with Gasteiger partial charge in [0, 0.05) is 38.6 Å². The number of rotatable bonds is 40. The summed E-state index contributed by atoms with van der Waals surface area (Å²) in [4.78, 5) is 40.9. The molecule has 7 nitrogen and oxygen atoms in total. The van der Waals surface area contributed by atoms with Gasteiger partial charge >= 0.3 is 5.97 Å². The minimum absolute atomic E-state index is 0.00535. The van der Waals surface area contributed by atoms with Crippen LogP contribution in [0.25, 0.3) is 0 Å². The summed E-state index contributed by atoms with van der Waals surface area (Å²) in [6.45, 7) is 11.0. The monoisotopic (exact) mass is 869 g/mol. The molecule has 1 fully saturated rings. The van der Waals surface area contributed by atoms with E-state index in [1.165, 1.54) is 128 Å². The van der Waals surface area contributed by atoms with Crippen molar-refractivity contribution in [2.45, 2.75) is 214 Å². The molecular formula is C55H100N2O5. The fourth-order valence-corrected chi connectivity index (χ4v) is 7.93. The van der Waals surface area contributed by atoms with Gasteiger partial charge in [0.05, 0.1) is 12.5 Å². The highest BCUT2D eigenvalue weighted by Crippen LogP contribution is 2.26. The number of esters is 1. The zero-order valence-corrected chi connectivity index (χ0v) is 41.5. The van der Waals surface area contributed by atoms with E-state index in [2.05, 4.69) is 76.3 Å². The third-order valence-electron chi connectivity index (χ3n) is 12.2. The first kappa shape index (κ1) is 59.5. The first-order chi connectivity index (χ1) is 30.3. The van der Waals surface area contributed by atoms with Crippen LogP contribution in [0.1, 0.15) is 214 Å². The second kappa shape index (κ2) is 45.1. The summed E-state index contributed by atoms with van der Waals surface area (Å²) in [5, 5.41) is 9.49. The average Bonchev–Trinajstić information content (AvgIpc) is 3.72. The van der Waals surface area contributed by atoms with Crippen molar-refractivity contribution in [3.63, 3.8) is 0 Å². The largest absolute Gasteiger partial charge is 0.465 e. The summed E-state index contributed by atoms with van der Waals surface area (Å²) in [5.74, 6) is -0.527. The summed E-state index contributed by atoms with van der Waals surface area (Å²) in [7, 11) is 3.85. The van der Waals surface area contributed by atoms with Crippen molar-refractivity contribution in [3.05, 3.63) is 48.6 Å². The van der Waals surface area contributed by atoms with Gasteiger partial charge in [-0.05, 0) is 154 Å². The van der Waals surface area contributed by atoms with Gasteiger partial charge in [-0.2, -0.15) is 0 Å². The predicted octanol–water partition coefficient (Wildman–Crippen LogP) is 14.2. The van der Waals surface area contributed by atoms with Crippen LogP contribution in [0.15, 0.2) is 48.6 Å². The van der Waals surface area contributed by atoms with E-state index < -0.39 is 11.8 Å². The Hall–Kier alpha value is -2.51. The van der Waals surface area contributed by atoms with E-state index >= 15 is 0 Å². The van der Waals surface area contributed by atoms with Crippen molar-refractivity contribution in [1.29, 1.82) is 0 Å². The van der Waals surface area contributed by atoms with Crippen molar-refractivity contribution in [2.75, 3.05) is 46.9 Å². The molecule has 1 saturated heterocycles. The lowest BCUT2D eigenvalue weighted by atomic mass is 9.95. The smallest absolute Gasteiger partial charge is 0.311 e. The van der Waals surface area contributed by atoms with Crippen LogP contribution in [0.5, 0.6) is 0 Å². The molecule has 62 heavy (non-hydrogen) atoms. The molecule has 0 aromatic heterocycles. The van der Waals surface area contributed by atoms with Crippen LogP contribution in [-0.4, -0.2) is 80.0 Å². The lowest BCUT2D eigenvalue weighted by Crippen LogP contribution is -2.32. The number of allylic oxidation sites excluding steroid dienone is 8. The second-order valence-corrected chi connectivity index (χ2v) is 18.4. The number of ether oxygens (including phenoxy) is 1. The van der Waals surface area contributed by atoms with Crippen molar-refractivity contribution < 1.29 is 24.2 Å². The molecule has 2 unspecified atom stereocenters. The molecule has 0 spiro atoms. The van der Waals surface area contributed by atoms with E-state index in [-0.39, 0.29) is 18.4 Å². The third kappa shape index (κ3) is 35.9. The average molecular weight is 869 g/mol. The zero-order valence-electron chi connectivity index (χ0n) is 41.5. The van der Waals surface area contributed by atoms with Crippen molar-refractivity contribution in [2.24, 2.45) is 23.7 Å². The Morgan fingerprint density at radius 1 is 0.581 bits per heavy atom. The standard InChI is InChI=1S/C33H58N2O4.C22H42O/c1-5-7-9-11-13-15-17-19-21-29(22-20-18-16-14-12-10-8-6-2)28-39-33(38)31-26-35(25-30(31)27-36)32(37)23-24-34(3)4;1-3-5-7-9-11-13-15-17-19-22(21-23)20-18-16-14-12-10-8-6-4-2/h13-16,27,29-31H,5-12,17-26,28H2,1-4H3;11-14,22-23H,3-10,15-21H2,1-2H3/b15-13-,16-14-;13-11-,14-12-. The highest BCUT2D eigenvalue weighted by atomic mass is 16.5. The summed E-state index contributed by atoms with van der Waals surface area (Å²) in [6.07, 6.45) is 53.7. The zero-order chi connectivity index (χ0) is 45.7. The number of nitrogens with zero attached hydrogens (tertiary/aromatic N) is 2. The number of aliphatic hydroxyl groups is 1. The van der Waals surface area contributed by atoms with Gasteiger partial charge in [0.2, 0.25) is 5.91 Å². The summed E-state index contributed by atoms with van der Waals surface area (Å²) in [5.41, 5.74) is 0. The minimum Gasteiger partial charge on any atom is -0.465 e. The molecule has 0 aromatic rings. The van der Waals surface area contributed by atoms with Gasteiger partial charge in [0.1, 0.15) is 6.29 Å². The molecule has 1 amide bonds. The first-order valence-corrected chi connectivity index (χ1v) is 26.0. The number of carbonyl (C=O) groups is 3. The number of unbranched alkanes of at least 4 members (excludes halogenated alkanes) is 16. The van der Waals surface area contributed by atoms with E-state index in [1.807, 2.05) is 19.0 Å². The molecule has 0 aliphatic carbocycles. The van der Waals surface area contributed by atoms with Gasteiger partial charge < -0.3 is 24.4 Å². The van der Waals surface area contributed by atoms with Crippen LogP contribution in [0.4, 0.5) is 0 Å². The third-order valence-corrected chi connectivity index (χ3v) is 12.2. The number of carbonyl (C=O) groups excluding carboxylic acids is 3. The predicted molar refractivity (Wildman–Crippen MR) is 266 cm³/mol. The fourth-order valence-electron chi connectivity index (χ4n) is 7.93. The molecule has 1 aliphatic rings. The molecule has 0 radical (unpaired) electrons. The minimum atomic E-state index is -0.552. The molecule has 0 saturated carbocycles. The lowest BCUT2D eigenvalue weighted by molar-refractivity contribution is -0.151. The Balaban J connectivity index is 0.00000138. The number of amides is 1. The maximum absolute atomic E-state index is 13.0. The molecule has 1 N–H and O–H groups in total.